The van der Waals surface area contributed by atoms with Crippen molar-refractivity contribution in [2.45, 2.75) is 52.8 Å². The van der Waals surface area contributed by atoms with Gasteiger partial charge in [0.25, 0.3) is 0 Å². The molecule has 0 aromatic carbocycles. The summed E-state index contributed by atoms with van der Waals surface area (Å²) in [5.41, 5.74) is -3.32. The lowest BCUT2D eigenvalue weighted by molar-refractivity contribution is -0.261. The third kappa shape index (κ3) is 3.39. The van der Waals surface area contributed by atoms with Crippen LogP contribution in [-0.2, 0) is 9.53 Å². The summed E-state index contributed by atoms with van der Waals surface area (Å²) in [5.74, 6) is -0.827. The Morgan fingerprint density at radius 2 is 1.53 bits per heavy atom. The van der Waals surface area contributed by atoms with Gasteiger partial charge >= 0.3 is 12.1 Å². The monoisotopic (exact) mass is 226 g/mol. The molecule has 0 fully saturated rings. The summed E-state index contributed by atoms with van der Waals surface area (Å²) in [6, 6.07) is 0. The predicted molar refractivity (Wildman–Crippen MR) is 50.3 cm³/mol. The van der Waals surface area contributed by atoms with Gasteiger partial charge in [0.1, 0.15) is 0 Å². The Morgan fingerprint density at radius 1 is 1.13 bits per heavy atom. The zero-order valence-corrected chi connectivity index (χ0v) is 9.66. The third-order valence-corrected chi connectivity index (χ3v) is 2.47. The van der Waals surface area contributed by atoms with Crippen LogP contribution in [0.15, 0.2) is 0 Å². The molecule has 0 atom stereocenters. The highest BCUT2D eigenvalue weighted by Gasteiger charge is 2.52. The average Bonchev–Trinajstić information content (AvgIpc) is 2.01. The van der Waals surface area contributed by atoms with Crippen molar-refractivity contribution in [1.82, 2.24) is 0 Å². The first-order valence-electron chi connectivity index (χ1n) is 4.74. The second kappa shape index (κ2) is 4.02. The van der Waals surface area contributed by atoms with Crippen LogP contribution in [0.25, 0.3) is 0 Å². The van der Waals surface area contributed by atoms with Crippen LogP contribution in [0.2, 0.25) is 0 Å². The minimum atomic E-state index is -4.55. The van der Waals surface area contributed by atoms with Crippen molar-refractivity contribution in [3.8, 4) is 0 Å². The van der Waals surface area contributed by atoms with Crippen LogP contribution < -0.4 is 0 Å². The van der Waals surface area contributed by atoms with Crippen LogP contribution in [0.4, 0.5) is 13.2 Å². The maximum Gasteiger partial charge on any atom is 0.427 e. The first-order chi connectivity index (χ1) is 6.44. The molecule has 0 bridgehead atoms. The number of alkyl halides is 3. The molecule has 0 spiro atoms. The van der Waals surface area contributed by atoms with Crippen molar-refractivity contribution in [3.05, 3.63) is 0 Å². The summed E-state index contributed by atoms with van der Waals surface area (Å²) >= 11 is 0. The minimum absolute atomic E-state index is 0.430. The van der Waals surface area contributed by atoms with E-state index in [-0.39, 0.29) is 0 Å². The fraction of sp³-hybridized carbons (Fsp3) is 0.900. The topological polar surface area (TPSA) is 26.3 Å². The lowest BCUT2D eigenvalue weighted by Crippen LogP contribution is -2.46. The van der Waals surface area contributed by atoms with E-state index in [0.717, 1.165) is 13.8 Å². The van der Waals surface area contributed by atoms with E-state index in [9.17, 15) is 18.0 Å². The smallest absolute Gasteiger partial charge is 0.427 e. The van der Waals surface area contributed by atoms with Gasteiger partial charge in [-0.2, -0.15) is 13.2 Å². The Hall–Kier alpha value is -0.740. The Bertz CT molecular complexity index is 242. The van der Waals surface area contributed by atoms with E-state index in [1.165, 1.54) is 0 Å². The maximum absolute atomic E-state index is 12.4. The number of carbonyl (C=O) groups is 1. The number of hydrogen-bond acceptors (Lipinski definition) is 2. The van der Waals surface area contributed by atoms with Gasteiger partial charge < -0.3 is 4.74 Å². The molecular formula is C10H17F3O2. The van der Waals surface area contributed by atoms with Crippen molar-refractivity contribution in [2.24, 2.45) is 5.41 Å². The number of esters is 1. The number of hydrogen-bond donors (Lipinski definition) is 0. The summed E-state index contributed by atoms with van der Waals surface area (Å²) in [7, 11) is 0. The molecular weight excluding hydrogens is 209 g/mol. The molecule has 0 aliphatic carbocycles. The van der Waals surface area contributed by atoms with Gasteiger partial charge in [-0.15, -0.1) is 0 Å². The fourth-order valence-electron chi connectivity index (χ4n) is 0.572. The largest absolute Gasteiger partial charge is 0.450 e. The molecule has 0 unspecified atom stereocenters. The zero-order valence-electron chi connectivity index (χ0n) is 9.66. The van der Waals surface area contributed by atoms with Gasteiger partial charge in [-0.05, 0) is 34.1 Å². The van der Waals surface area contributed by atoms with E-state index in [1.807, 2.05) is 0 Å². The van der Waals surface area contributed by atoms with Gasteiger partial charge in [-0.25, -0.2) is 0 Å². The molecule has 0 rings (SSSR count). The second-order valence-corrected chi connectivity index (χ2v) is 4.64. The summed E-state index contributed by atoms with van der Waals surface area (Å²) in [6.07, 6.45) is -4.12. The summed E-state index contributed by atoms with van der Waals surface area (Å²) in [4.78, 5) is 11.4. The van der Waals surface area contributed by atoms with Crippen molar-refractivity contribution in [3.63, 3.8) is 0 Å². The second-order valence-electron chi connectivity index (χ2n) is 4.64. The molecule has 0 radical (unpaired) electrons. The van der Waals surface area contributed by atoms with Crippen molar-refractivity contribution in [2.75, 3.05) is 0 Å². The van der Waals surface area contributed by atoms with Crippen molar-refractivity contribution < 1.29 is 22.7 Å². The van der Waals surface area contributed by atoms with Crippen LogP contribution in [0.3, 0.4) is 0 Å². The van der Waals surface area contributed by atoms with E-state index >= 15 is 0 Å². The highest BCUT2D eigenvalue weighted by molar-refractivity contribution is 5.76. The molecule has 0 N–H and O–H groups in total. The summed E-state index contributed by atoms with van der Waals surface area (Å²) in [5, 5.41) is 0. The highest BCUT2D eigenvalue weighted by atomic mass is 19.4. The van der Waals surface area contributed by atoms with Gasteiger partial charge in [0.15, 0.2) is 0 Å². The SMILES string of the molecule is CCC(C)(C)C(=O)OC(C)(C)C(F)(F)F. The summed E-state index contributed by atoms with van der Waals surface area (Å²) in [6.45, 7) is 6.53. The van der Waals surface area contributed by atoms with Gasteiger partial charge in [0, 0.05) is 0 Å². The standard InChI is InChI=1S/C10H17F3O2/c1-6-8(2,3)7(14)15-9(4,5)10(11,12)13/h6H2,1-5H3. The number of halogens is 3. The Kier molecular flexibility index (Phi) is 3.82. The van der Waals surface area contributed by atoms with E-state index in [0.29, 0.717) is 6.42 Å². The van der Waals surface area contributed by atoms with Gasteiger partial charge in [-0.1, -0.05) is 6.92 Å². The van der Waals surface area contributed by atoms with Gasteiger partial charge in [-0.3, -0.25) is 4.79 Å². The zero-order chi connectivity index (χ0) is 12.5. The third-order valence-electron chi connectivity index (χ3n) is 2.47. The molecule has 0 amide bonds. The molecule has 0 saturated carbocycles. The normalized spacial score (nSPS) is 13.9. The molecule has 0 aromatic rings. The lowest BCUT2D eigenvalue weighted by atomic mass is 9.90. The van der Waals surface area contributed by atoms with E-state index < -0.39 is 23.2 Å². The molecule has 0 saturated heterocycles. The Morgan fingerprint density at radius 3 is 1.80 bits per heavy atom. The predicted octanol–water partition coefficient (Wildman–Crippen LogP) is 3.31. The first kappa shape index (κ1) is 14.3. The first-order valence-corrected chi connectivity index (χ1v) is 4.74. The van der Waals surface area contributed by atoms with Crippen LogP contribution in [0.1, 0.15) is 41.0 Å². The quantitative estimate of drug-likeness (QED) is 0.690. The maximum atomic E-state index is 12.4. The lowest BCUT2D eigenvalue weighted by Gasteiger charge is -2.31. The fourth-order valence-corrected chi connectivity index (χ4v) is 0.572. The molecule has 0 aliphatic rings. The molecule has 15 heavy (non-hydrogen) atoms. The van der Waals surface area contributed by atoms with Gasteiger partial charge in [0.2, 0.25) is 5.60 Å². The van der Waals surface area contributed by atoms with Crippen molar-refractivity contribution >= 4 is 5.97 Å². The molecule has 0 heterocycles. The molecule has 0 aromatic heterocycles. The Balaban J connectivity index is 4.70. The number of ether oxygens (including phenoxy) is 1. The van der Waals surface area contributed by atoms with Crippen LogP contribution in [-0.4, -0.2) is 17.7 Å². The summed E-state index contributed by atoms with van der Waals surface area (Å²) < 4.78 is 41.7. The average molecular weight is 226 g/mol. The van der Waals surface area contributed by atoms with E-state index in [4.69, 9.17) is 0 Å². The Labute approximate surface area is 87.8 Å². The van der Waals surface area contributed by atoms with E-state index in [1.54, 1.807) is 20.8 Å². The molecule has 5 heteroatoms. The van der Waals surface area contributed by atoms with Crippen LogP contribution >= 0.6 is 0 Å². The molecule has 2 nitrogen and oxygen atoms in total. The van der Waals surface area contributed by atoms with E-state index in [2.05, 4.69) is 4.74 Å². The minimum Gasteiger partial charge on any atom is -0.450 e. The number of carbonyl (C=O) groups excluding carboxylic acids is 1. The number of rotatable bonds is 3. The van der Waals surface area contributed by atoms with Crippen LogP contribution in [0, 0.1) is 5.41 Å². The van der Waals surface area contributed by atoms with Crippen molar-refractivity contribution in [1.29, 1.82) is 0 Å². The van der Waals surface area contributed by atoms with Gasteiger partial charge in [0.05, 0.1) is 5.41 Å². The molecule has 0 aliphatic heterocycles. The van der Waals surface area contributed by atoms with Crippen LogP contribution in [0.5, 0.6) is 0 Å². The highest BCUT2D eigenvalue weighted by Crippen LogP contribution is 2.35. The molecule has 90 valence electrons.